The van der Waals surface area contributed by atoms with Gasteiger partial charge in [0, 0.05) is 39.1 Å². The molecule has 0 atom stereocenters. The average Bonchev–Trinajstić information content (AvgIpc) is 2.69. The maximum Gasteiger partial charge on any atom is 0.333 e. The average molecular weight is 284 g/mol. The lowest BCUT2D eigenvalue weighted by Crippen LogP contribution is -2.24. The third kappa shape index (κ3) is 4.83. The Hall–Kier alpha value is -2.18. The first-order valence-corrected chi connectivity index (χ1v) is 6.44. The summed E-state index contributed by atoms with van der Waals surface area (Å²) in [5, 5.41) is 18.6. The highest BCUT2D eigenvalue weighted by Crippen LogP contribution is 2.18. The molecule has 7 heteroatoms. The number of hydrogen-bond acceptors (Lipinski definition) is 5. The highest BCUT2D eigenvalue weighted by atomic mass is 16.7. The number of rotatable bonds is 7. The Kier molecular flexibility index (Phi) is 5.89. The van der Waals surface area contributed by atoms with E-state index < -0.39 is 5.97 Å². The number of aromatic hydroxyl groups is 2. The lowest BCUT2D eigenvalue weighted by molar-refractivity contribution is -0.145. The summed E-state index contributed by atoms with van der Waals surface area (Å²) in [6, 6.07) is 2.44. The third-order valence-electron chi connectivity index (χ3n) is 2.90. The van der Waals surface area contributed by atoms with Gasteiger partial charge in [0.05, 0.1) is 0 Å². The molecule has 0 fully saturated rings. The molecule has 0 bridgehead atoms. The van der Waals surface area contributed by atoms with E-state index in [4.69, 9.17) is 4.84 Å². The van der Waals surface area contributed by atoms with Crippen LogP contribution in [0.25, 0.3) is 0 Å². The fourth-order valence-electron chi connectivity index (χ4n) is 1.60. The summed E-state index contributed by atoms with van der Waals surface area (Å²) in [7, 11) is 1.73. The minimum atomic E-state index is -0.535. The molecule has 0 saturated heterocycles. The predicted octanol–water partition coefficient (Wildman–Crippen LogP) is 0.893. The SMILES string of the molecule is CC(=O)N(C)CCCCCC(=O)On1c(O)ccc1O. The summed E-state index contributed by atoms with van der Waals surface area (Å²) in [4.78, 5) is 28.9. The van der Waals surface area contributed by atoms with Gasteiger partial charge in [0.2, 0.25) is 17.7 Å². The number of nitrogens with zero attached hydrogens (tertiary/aromatic N) is 2. The van der Waals surface area contributed by atoms with Crippen molar-refractivity contribution in [2.24, 2.45) is 0 Å². The Balaban J connectivity index is 2.20. The van der Waals surface area contributed by atoms with E-state index in [1.54, 1.807) is 11.9 Å². The number of carbonyl (C=O) groups is 2. The molecule has 0 aromatic carbocycles. The summed E-state index contributed by atoms with van der Waals surface area (Å²) >= 11 is 0. The minimum Gasteiger partial charge on any atom is -0.492 e. The Morgan fingerprint density at radius 2 is 1.80 bits per heavy atom. The Labute approximate surface area is 117 Å². The molecule has 1 heterocycles. The number of amides is 1. The van der Waals surface area contributed by atoms with Crippen LogP contribution in [0.5, 0.6) is 11.8 Å². The first-order chi connectivity index (χ1) is 9.41. The topological polar surface area (TPSA) is 92.0 Å². The van der Waals surface area contributed by atoms with Crippen LogP contribution in [0, 0.1) is 0 Å². The van der Waals surface area contributed by atoms with E-state index in [1.807, 2.05) is 0 Å². The molecular formula is C13H20N2O5. The molecular weight excluding hydrogens is 264 g/mol. The van der Waals surface area contributed by atoms with E-state index in [9.17, 15) is 19.8 Å². The minimum absolute atomic E-state index is 0.0166. The molecule has 1 aromatic heterocycles. The second-order valence-electron chi connectivity index (χ2n) is 4.56. The fraction of sp³-hybridized carbons (Fsp3) is 0.538. The standard InChI is InChI=1S/C13H20N2O5/c1-10(16)14(2)9-5-3-4-6-13(19)20-15-11(17)7-8-12(15)18/h7-8,17-18H,3-6,9H2,1-2H3. The first kappa shape index (κ1) is 15.9. The molecule has 0 aliphatic heterocycles. The second kappa shape index (κ2) is 7.42. The summed E-state index contributed by atoms with van der Waals surface area (Å²) in [5.41, 5.74) is 0. The van der Waals surface area contributed by atoms with Crippen molar-refractivity contribution >= 4 is 11.9 Å². The summed E-state index contributed by atoms with van der Waals surface area (Å²) in [6.45, 7) is 2.16. The van der Waals surface area contributed by atoms with E-state index in [0.29, 0.717) is 17.7 Å². The zero-order valence-electron chi connectivity index (χ0n) is 11.7. The molecule has 1 rings (SSSR count). The normalized spacial score (nSPS) is 10.3. The lowest BCUT2D eigenvalue weighted by atomic mass is 10.2. The van der Waals surface area contributed by atoms with Crippen LogP contribution in [0.4, 0.5) is 0 Å². The maximum atomic E-state index is 11.5. The van der Waals surface area contributed by atoms with Crippen molar-refractivity contribution in [3.8, 4) is 11.8 Å². The quantitative estimate of drug-likeness (QED) is 0.726. The van der Waals surface area contributed by atoms with E-state index in [0.717, 1.165) is 12.8 Å². The summed E-state index contributed by atoms with van der Waals surface area (Å²) in [5.74, 6) is -1.19. The zero-order chi connectivity index (χ0) is 15.1. The molecule has 7 nitrogen and oxygen atoms in total. The van der Waals surface area contributed by atoms with Gasteiger partial charge in [0.15, 0.2) is 0 Å². The van der Waals surface area contributed by atoms with E-state index in [2.05, 4.69) is 0 Å². The van der Waals surface area contributed by atoms with Gasteiger partial charge in [-0.1, -0.05) is 6.42 Å². The molecule has 0 aliphatic rings. The molecule has 2 N–H and O–H groups in total. The van der Waals surface area contributed by atoms with Crippen LogP contribution < -0.4 is 4.84 Å². The molecule has 0 radical (unpaired) electrons. The molecule has 1 aromatic rings. The molecule has 0 spiro atoms. The molecule has 0 unspecified atom stereocenters. The maximum absolute atomic E-state index is 11.5. The van der Waals surface area contributed by atoms with Crippen molar-refractivity contribution in [3.63, 3.8) is 0 Å². The molecule has 1 amide bonds. The van der Waals surface area contributed by atoms with Gasteiger partial charge >= 0.3 is 5.97 Å². The number of unbranched alkanes of at least 4 members (excludes halogenated alkanes) is 2. The van der Waals surface area contributed by atoms with Crippen LogP contribution in [0.3, 0.4) is 0 Å². The van der Waals surface area contributed by atoms with Gasteiger partial charge in [0.25, 0.3) is 0 Å². The number of carbonyl (C=O) groups excluding carboxylic acids is 2. The van der Waals surface area contributed by atoms with Crippen LogP contribution >= 0.6 is 0 Å². The van der Waals surface area contributed by atoms with Crippen LogP contribution in [-0.2, 0) is 9.59 Å². The third-order valence-corrected chi connectivity index (χ3v) is 2.90. The Morgan fingerprint density at radius 1 is 1.20 bits per heavy atom. The smallest absolute Gasteiger partial charge is 0.333 e. The van der Waals surface area contributed by atoms with Crippen molar-refractivity contribution < 1.29 is 24.6 Å². The largest absolute Gasteiger partial charge is 0.492 e. The first-order valence-electron chi connectivity index (χ1n) is 6.44. The Bertz CT molecular complexity index is 450. The van der Waals surface area contributed by atoms with Crippen molar-refractivity contribution in [1.82, 2.24) is 9.63 Å². The molecule has 112 valence electrons. The molecule has 0 saturated carbocycles. The summed E-state index contributed by atoms with van der Waals surface area (Å²) in [6.07, 6.45) is 2.40. The lowest BCUT2D eigenvalue weighted by Gasteiger charge is -2.13. The van der Waals surface area contributed by atoms with E-state index in [-0.39, 0.29) is 24.1 Å². The van der Waals surface area contributed by atoms with Crippen LogP contribution in [0.2, 0.25) is 0 Å². The van der Waals surface area contributed by atoms with Crippen molar-refractivity contribution in [3.05, 3.63) is 12.1 Å². The highest BCUT2D eigenvalue weighted by Gasteiger charge is 2.11. The van der Waals surface area contributed by atoms with Gasteiger partial charge < -0.3 is 20.0 Å². The van der Waals surface area contributed by atoms with Crippen LogP contribution in [0.1, 0.15) is 32.6 Å². The highest BCUT2D eigenvalue weighted by molar-refractivity contribution is 5.72. The monoisotopic (exact) mass is 284 g/mol. The van der Waals surface area contributed by atoms with E-state index >= 15 is 0 Å². The van der Waals surface area contributed by atoms with Gasteiger partial charge in [-0.25, -0.2) is 4.79 Å². The second-order valence-corrected chi connectivity index (χ2v) is 4.56. The number of hydrogen-bond donors (Lipinski definition) is 2. The number of aromatic nitrogens is 1. The van der Waals surface area contributed by atoms with Crippen LogP contribution in [0.15, 0.2) is 12.1 Å². The summed E-state index contributed by atoms with van der Waals surface area (Å²) < 4.78 is 0.672. The zero-order valence-corrected chi connectivity index (χ0v) is 11.7. The van der Waals surface area contributed by atoms with Gasteiger partial charge in [-0.15, -0.1) is 4.73 Å². The predicted molar refractivity (Wildman–Crippen MR) is 71.1 cm³/mol. The van der Waals surface area contributed by atoms with Gasteiger partial charge in [-0.05, 0) is 12.8 Å². The Morgan fingerprint density at radius 3 is 2.35 bits per heavy atom. The molecule has 20 heavy (non-hydrogen) atoms. The van der Waals surface area contributed by atoms with Gasteiger partial charge in [-0.3, -0.25) is 4.79 Å². The van der Waals surface area contributed by atoms with Crippen molar-refractivity contribution in [2.45, 2.75) is 32.6 Å². The van der Waals surface area contributed by atoms with E-state index in [1.165, 1.54) is 19.1 Å². The van der Waals surface area contributed by atoms with Gasteiger partial charge in [-0.2, -0.15) is 0 Å². The van der Waals surface area contributed by atoms with Gasteiger partial charge in [0.1, 0.15) is 0 Å². The molecule has 0 aliphatic carbocycles. The van der Waals surface area contributed by atoms with Crippen molar-refractivity contribution in [2.75, 3.05) is 13.6 Å². The van der Waals surface area contributed by atoms with Crippen molar-refractivity contribution in [1.29, 1.82) is 0 Å². The fourth-order valence-corrected chi connectivity index (χ4v) is 1.60. The van der Waals surface area contributed by atoms with Crippen LogP contribution in [-0.4, -0.2) is 45.3 Å².